The number of hydrogen-bond donors (Lipinski definition) is 0. The number of nitrogens with zero attached hydrogens (tertiary/aromatic N) is 3. The maximum atomic E-state index is 2.45. The number of para-hydroxylation sites is 4. The molecule has 3 heterocycles. The summed E-state index contributed by atoms with van der Waals surface area (Å²) in [5.74, 6) is 0. The minimum Gasteiger partial charge on any atom is -0.309 e. The number of fused-ring (bicyclic) bond motifs is 9. The molecule has 0 N–H and O–H groups in total. The predicted octanol–water partition coefficient (Wildman–Crippen LogP) is 12.6. The Morgan fingerprint density at radius 2 is 0.706 bits per heavy atom. The van der Waals surface area contributed by atoms with Crippen LogP contribution in [0.2, 0.25) is 0 Å². The van der Waals surface area contributed by atoms with Gasteiger partial charge in [-0.3, -0.25) is 0 Å². The zero-order valence-electron chi connectivity index (χ0n) is 27.7. The fourth-order valence-electron chi connectivity index (χ4n) is 8.46. The van der Waals surface area contributed by atoms with Crippen molar-refractivity contribution in [2.45, 2.75) is 0 Å². The van der Waals surface area contributed by atoms with E-state index in [0.717, 1.165) is 11.4 Å². The quantitative estimate of drug-likeness (QED) is 0.180. The lowest BCUT2D eigenvalue weighted by Crippen LogP contribution is -1.97. The van der Waals surface area contributed by atoms with Crippen molar-refractivity contribution in [2.75, 3.05) is 0 Å². The Morgan fingerprint density at radius 3 is 1.37 bits per heavy atom. The fourth-order valence-corrected chi connectivity index (χ4v) is 8.46. The van der Waals surface area contributed by atoms with E-state index in [4.69, 9.17) is 0 Å². The van der Waals surface area contributed by atoms with E-state index in [1.807, 2.05) is 0 Å². The maximum Gasteiger partial charge on any atom is 0.0562 e. The van der Waals surface area contributed by atoms with Crippen molar-refractivity contribution in [3.63, 3.8) is 0 Å². The van der Waals surface area contributed by atoms with Crippen molar-refractivity contribution in [3.05, 3.63) is 188 Å². The summed E-state index contributed by atoms with van der Waals surface area (Å²) in [6.45, 7) is 0. The van der Waals surface area contributed by atoms with Gasteiger partial charge in [0.2, 0.25) is 0 Å². The normalized spacial score (nSPS) is 11.9. The van der Waals surface area contributed by atoms with Crippen LogP contribution in [0.3, 0.4) is 0 Å². The molecule has 3 heteroatoms. The van der Waals surface area contributed by atoms with E-state index in [2.05, 4.69) is 202 Å². The monoisotopic (exact) mass is 649 g/mol. The zero-order chi connectivity index (χ0) is 33.5. The molecule has 0 amide bonds. The smallest absolute Gasteiger partial charge is 0.0562 e. The van der Waals surface area contributed by atoms with Gasteiger partial charge >= 0.3 is 0 Å². The van der Waals surface area contributed by atoms with E-state index in [1.54, 1.807) is 0 Å². The molecule has 0 unspecified atom stereocenters. The number of hydrogen-bond acceptors (Lipinski definition) is 0. The molecule has 0 saturated heterocycles. The Kier molecular flexibility index (Phi) is 5.96. The standard InChI is InChI=1S/C48H31N3/c1-2-13-32(14-3-1)33-25-27-34(28-26-33)49-41-19-8-6-17-38(41)40-31-35(29-30-45(40)49)50-44-22-11-7-18-39(44)48-46(50)23-12-24-47(48)51-42-20-9-4-15-36(42)37-16-5-10-21-43(37)51/h1-31H. The van der Waals surface area contributed by atoms with Crippen molar-refractivity contribution < 1.29 is 0 Å². The summed E-state index contributed by atoms with van der Waals surface area (Å²) in [6.07, 6.45) is 0. The highest BCUT2D eigenvalue weighted by atomic mass is 15.0. The summed E-state index contributed by atoms with van der Waals surface area (Å²) < 4.78 is 7.29. The molecule has 238 valence electrons. The lowest BCUT2D eigenvalue weighted by atomic mass is 10.1. The van der Waals surface area contributed by atoms with Gasteiger partial charge in [-0.1, -0.05) is 121 Å². The minimum absolute atomic E-state index is 1.15. The fraction of sp³-hybridized carbons (Fsp3) is 0. The third-order valence-corrected chi connectivity index (χ3v) is 10.6. The maximum absolute atomic E-state index is 2.45. The Balaban J connectivity index is 1.15. The van der Waals surface area contributed by atoms with Gasteiger partial charge in [-0.25, -0.2) is 0 Å². The van der Waals surface area contributed by atoms with Gasteiger partial charge < -0.3 is 13.7 Å². The number of rotatable bonds is 4. The van der Waals surface area contributed by atoms with E-state index < -0.39 is 0 Å². The van der Waals surface area contributed by atoms with Crippen molar-refractivity contribution in [1.29, 1.82) is 0 Å². The van der Waals surface area contributed by atoms with Gasteiger partial charge in [0.15, 0.2) is 0 Å². The second kappa shape index (κ2) is 10.8. The molecular formula is C48H31N3. The first-order valence-electron chi connectivity index (χ1n) is 17.5. The van der Waals surface area contributed by atoms with E-state index in [-0.39, 0.29) is 0 Å². The van der Waals surface area contributed by atoms with Crippen molar-refractivity contribution in [2.24, 2.45) is 0 Å². The van der Waals surface area contributed by atoms with E-state index >= 15 is 0 Å². The third-order valence-electron chi connectivity index (χ3n) is 10.6. The Bertz CT molecular complexity index is 3070. The molecule has 0 fully saturated rings. The van der Waals surface area contributed by atoms with Crippen LogP contribution in [0.4, 0.5) is 0 Å². The lowest BCUT2D eigenvalue weighted by molar-refractivity contribution is 1.16. The summed E-state index contributed by atoms with van der Waals surface area (Å²) in [6, 6.07) is 68.4. The van der Waals surface area contributed by atoms with E-state index in [1.165, 1.54) is 82.2 Å². The number of benzene rings is 8. The van der Waals surface area contributed by atoms with Crippen LogP contribution in [-0.4, -0.2) is 13.7 Å². The Morgan fingerprint density at radius 1 is 0.255 bits per heavy atom. The highest BCUT2D eigenvalue weighted by molar-refractivity contribution is 6.17. The van der Waals surface area contributed by atoms with Crippen molar-refractivity contribution >= 4 is 65.4 Å². The van der Waals surface area contributed by atoms with Crippen molar-refractivity contribution in [3.8, 4) is 28.2 Å². The molecule has 3 nitrogen and oxygen atoms in total. The molecule has 11 aromatic rings. The molecule has 51 heavy (non-hydrogen) atoms. The first-order valence-corrected chi connectivity index (χ1v) is 17.5. The van der Waals surface area contributed by atoms with Crippen LogP contribution < -0.4 is 0 Å². The second-order valence-electron chi connectivity index (χ2n) is 13.4. The van der Waals surface area contributed by atoms with Crippen LogP contribution in [0.25, 0.3) is 93.6 Å². The van der Waals surface area contributed by atoms with Gasteiger partial charge in [-0.05, 0) is 77.9 Å². The topological polar surface area (TPSA) is 14.8 Å². The molecule has 0 aliphatic heterocycles. The van der Waals surface area contributed by atoms with Crippen LogP contribution in [-0.2, 0) is 0 Å². The summed E-state index contributed by atoms with van der Waals surface area (Å²) in [5.41, 5.74) is 13.1. The molecule has 3 aromatic heterocycles. The van der Waals surface area contributed by atoms with Gasteiger partial charge in [-0.15, -0.1) is 0 Å². The molecule has 0 aliphatic carbocycles. The van der Waals surface area contributed by atoms with Crippen molar-refractivity contribution in [1.82, 2.24) is 13.7 Å². The second-order valence-corrected chi connectivity index (χ2v) is 13.4. The van der Waals surface area contributed by atoms with Crippen LogP contribution in [0.5, 0.6) is 0 Å². The van der Waals surface area contributed by atoms with Crippen LogP contribution in [0, 0.1) is 0 Å². The average Bonchev–Trinajstić information content (AvgIpc) is 3.84. The molecule has 0 radical (unpaired) electrons. The van der Waals surface area contributed by atoms with Crippen LogP contribution in [0.15, 0.2) is 188 Å². The van der Waals surface area contributed by atoms with Gasteiger partial charge in [0, 0.05) is 43.7 Å². The van der Waals surface area contributed by atoms with Gasteiger partial charge in [0.05, 0.1) is 38.8 Å². The summed E-state index contributed by atoms with van der Waals surface area (Å²) in [4.78, 5) is 0. The SMILES string of the molecule is c1ccc(-c2ccc(-n3c4ccccc4c4cc(-n5c6ccccc6c6c(-n7c8ccccc8c8ccccc87)cccc65)ccc43)cc2)cc1. The van der Waals surface area contributed by atoms with Gasteiger partial charge in [-0.2, -0.15) is 0 Å². The minimum atomic E-state index is 1.15. The highest BCUT2D eigenvalue weighted by Crippen LogP contribution is 2.41. The van der Waals surface area contributed by atoms with E-state index in [0.29, 0.717) is 0 Å². The van der Waals surface area contributed by atoms with Crippen LogP contribution in [0.1, 0.15) is 0 Å². The highest BCUT2D eigenvalue weighted by Gasteiger charge is 2.20. The predicted molar refractivity (Wildman–Crippen MR) is 215 cm³/mol. The Labute approximate surface area is 294 Å². The first kappa shape index (κ1) is 28.0. The van der Waals surface area contributed by atoms with Crippen LogP contribution >= 0.6 is 0 Å². The summed E-state index contributed by atoms with van der Waals surface area (Å²) in [5, 5.41) is 7.51. The molecule has 0 spiro atoms. The first-order chi connectivity index (χ1) is 25.3. The molecule has 0 aliphatic rings. The third kappa shape index (κ3) is 4.06. The molecule has 8 aromatic carbocycles. The lowest BCUT2D eigenvalue weighted by Gasteiger charge is -2.12. The average molecular weight is 650 g/mol. The Hall–Kier alpha value is -6.84. The molecular weight excluding hydrogens is 619 g/mol. The zero-order valence-corrected chi connectivity index (χ0v) is 27.7. The molecule has 0 bridgehead atoms. The molecule has 11 rings (SSSR count). The largest absolute Gasteiger partial charge is 0.309 e. The van der Waals surface area contributed by atoms with Gasteiger partial charge in [0.1, 0.15) is 0 Å². The summed E-state index contributed by atoms with van der Waals surface area (Å²) in [7, 11) is 0. The summed E-state index contributed by atoms with van der Waals surface area (Å²) >= 11 is 0. The number of aromatic nitrogens is 3. The van der Waals surface area contributed by atoms with E-state index in [9.17, 15) is 0 Å². The molecule has 0 atom stereocenters. The molecule has 0 saturated carbocycles. The van der Waals surface area contributed by atoms with Gasteiger partial charge in [0.25, 0.3) is 0 Å².